The molecule has 1 amide bonds. The number of ether oxygens (including phenoxy) is 1. The summed E-state index contributed by atoms with van der Waals surface area (Å²) >= 11 is 0. The summed E-state index contributed by atoms with van der Waals surface area (Å²) in [6.45, 7) is 1.35. The first kappa shape index (κ1) is 14.5. The van der Waals surface area contributed by atoms with E-state index < -0.39 is 10.0 Å². The van der Waals surface area contributed by atoms with Gasteiger partial charge in [0.2, 0.25) is 15.9 Å². The first-order valence-corrected chi connectivity index (χ1v) is 6.61. The number of nitrogens with zero attached hydrogens (tertiary/aromatic N) is 1. The Morgan fingerprint density at radius 3 is 2.39 bits per heavy atom. The molecule has 0 unspecified atom stereocenters. The van der Waals surface area contributed by atoms with Gasteiger partial charge in [-0.3, -0.25) is 4.79 Å². The molecule has 0 heterocycles. The van der Waals surface area contributed by atoms with Gasteiger partial charge in [0.1, 0.15) is 10.6 Å². The average Bonchev–Trinajstić information content (AvgIpc) is 2.27. The van der Waals surface area contributed by atoms with Crippen LogP contribution in [0.15, 0.2) is 23.1 Å². The van der Waals surface area contributed by atoms with Crippen LogP contribution in [0.1, 0.15) is 6.92 Å². The molecule has 18 heavy (non-hydrogen) atoms. The Hall–Kier alpha value is -1.60. The summed E-state index contributed by atoms with van der Waals surface area (Å²) in [5, 5.41) is 2.53. The van der Waals surface area contributed by atoms with Gasteiger partial charge in [-0.15, -0.1) is 0 Å². The van der Waals surface area contributed by atoms with Crippen LogP contribution >= 0.6 is 0 Å². The minimum atomic E-state index is -3.62. The second-order valence-corrected chi connectivity index (χ2v) is 5.95. The maximum absolute atomic E-state index is 12.1. The topological polar surface area (TPSA) is 75.7 Å². The molecular formula is C11H16N2O4S. The number of methoxy groups -OCH3 is 1. The number of rotatable bonds is 4. The minimum Gasteiger partial charge on any atom is -0.495 e. The van der Waals surface area contributed by atoms with Gasteiger partial charge < -0.3 is 10.1 Å². The van der Waals surface area contributed by atoms with Gasteiger partial charge in [0.15, 0.2) is 0 Å². The lowest BCUT2D eigenvalue weighted by Gasteiger charge is -2.15. The zero-order valence-electron chi connectivity index (χ0n) is 10.7. The van der Waals surface area contributed by atoms with Gasteiger partial charge >= 0.3 is 0 Å². The fourth-order valence-corrected chi connectivity index (χ4v) is 2.43. The molecular weight excluding hydrogens is 256 g/mol. The van der Waals surface area contributed by atoms with E-state index in [1.807, 2.05) is 0 Å². The summed E-state index contributed by atoms with van der Waals surface area (Å²) in [4.78, 5) is 11.0. The Balaban J connectivity index is 3.35. The number of benzene rings is 1. The smallest absolute Gasteiger partial charge is 0.246 e. The maximum atomic E-state index is 12.1. The Kier molecular flexibility index (Phi) is 4.31. The van der Waals surface area contributed by atoms with Crippen molar-refractivity contribution in [3.8, 4) is 5.75 Å². The van der Waals surface area contributed by atoms with Crippen LogP contribution in [0.5, 0.6) is 5.75 Å². The number of carbonyl (C=O) groups excluding carboxylic acids is 1. The molecule has 100 valence electrons. The largest absolute Gasteiger partial charge is 0.495 e. The van der Waals surface area contributed by atoms with Crippen molar-refractivity contribution in [2.75, 3.05) is 26.5 Å². The monoisotopic (exact) mass is 272 g/mol. The van der Waals surface area contributed by atoms with Crippen molar-refractivity contribution >= 4 is 21.6 Å². The highest BCUT2D eigenvalue weighted by Gasteiger charge is 2.22. The standard InChI is InChI=1S/C11H16N2O4S/c1-8(14)12-9-5-6-10(17-4)11(7-9)18(15,16)13(2)3/h5-7H,1-4H3,(H,12,14). The predicted octanol–water partition coefficient (Wildman–Crippen LogP) is 0.904. The SMILES string of the molecule is COc1ccc(NC(C)=O)cc1S(=O)(=O)N(C)C. The number of sulfonamides is 1. The third kappa shape index (κ3) is 2.99. The summed E-state index contributed by atoms with van der Waals surface area (Å²) < 4.78 is 30.3. The maximum Gasteiger partial charge on any atom is 0.246 e. The first-order chi connectivity index (χ1) is 8.28. The Morgan fingerprint density at radius 2 is 1.94 bits per heavy atom. The Bertz CT molecular complexity index is 552. The molecule has 6 nitrogen and oxygen atoms in total. The molecule has 1 rings (SSSR count). The zero-order valence-corrected chi connectivity index (χ0v) is 11.5. The lowest BCUT2D eigenvalue weighted by Crippen LogP contribution is -2.23. The fraction of sp³-hybridized carbons (Fsp3) is 0.364. The van der Waals surface area contributed by atoms with E-state index in [1.165, 1.54) is 40.3 Å². The molecule has 1 aromatic carbocycles. The van der Waals surface area contributed by atoms with Crippen molar-refractivity contribution in [1.29, 1.82) is 0 Å². The molecule has 0 aromatic heterocycles. The highest BCUT2D eigenvalue weighted by atomic mass is 32.2. The van der Waals surface area contributed by atoms with Gasteiger partial charge in [-0.25, -0.2) is 12.7 Å². The normalized spacial score (nSPS) is 11.4. The lowest BCUT2D eigenvalue weighted by molar-refractivity contribution is -0.114. The quantitative estimate of drug-likeness (QED) is 0.883. The van der Waals surface area contributed by atoms with Gasteiger partial charge in [-0.1, -0.05) is 0 Å². The van der Waals surface area contributed by atoms with Gasteiger partial charge in [0.05, 0.1) is 7.11 Å². The summed E-state index contributed by atoms with van der Waals surface area (Å²) in [5.41, 5.74) is 0.406. The van der Waals surface area contributed by atoms with E-state index in [1.54, 1.807) is 6.07 Å². The van der Waals surface area contributed by atoms with Crippen LogP contribution in [0, 0.1) is 0 Å². The molecule has 0 saturated carbocycles. The van der Waals surface area contributed by atoms with E-state index in [9.17, 15) is 13.2 Å². The third-order valence-electron chi connectivity index (χ3n) is 2.24. The predicted molar refractivity (Wildman–Crippen MR) is 68.2 cm³/mol. The Labute approximate surface area is 107 Å². The van der Waals surface area contributed by atoms with Gasteiger partial charge in [0.25, 0.3) is 0 Å². The van der Waals surface area contributed by atoms with Crippen LogP contribution in [0.2, 0.25) is 0 Å². The first-order valence-electron chi connectivity index (χ1n) is 5.17. The van der Waals surface area contributed by atoms with Gasteiger partial charge in [0, 0.05) is 26.7 Å². The number of anilines is 1. The summed E-state index contributed by atoms with van der Waals surface area (Å²) in [5.74, 6) is -0.0360. The van der Waals surface area contributed by atoms with Gasteiger partial charge in [-0.2, -0.15) is 0 Å². The molecule has 0 aliphatic rings. The summed E-state index contributed by atoms with van der Waals surface area (Å²) in [6, 6.07) is 4.45. The van der Waals surface area contributed by atoms with E-state index in [0.29, 0.717) is 5.69 Å². The van der Waals surface area contributed by atoms with E-state index in [2.05, 4.69) is 5.32 Å². The fourth-order valence-electron chi connectivity index (χ4n) is 1.36. The van der Waals surface area contributed by atoms with Crippen LogP contribution < -0.4 is 10.1 Å². The van der Waals surface area contributed by atoms with Crippen molar-refractivity contribution in [2.24, 2.45) is 0 Å². The van der Waals surface area contributed by atoms with E-state index in [0.717, 1.165) is 4.31 Å². The summed E-state index contributed by atoms with van der Waals surface area (Å²) in [7, 11) is 0.631. The molecule has 0 radical (unpaired) electrons. The average molecular weight is 272 g/mol. The number of hydrogen-bond acceptors (Lipinski definition) is 4. The van der Waals surface area contributed by atoms with Crippen molar-refractivity contribution in [3.63, 3.8) is 0 Å². The second kappa shape index (κ2) is 5.36. The van der Waals surface area contributed by atoms with Crippen LogP contribution in [-0.2, 0) is 14.8 Å². The van der Waals surface area contributed by atoms with Crippen LogP contribution in [0.3, 0.4) is 0 Å². The van der Waals surface area contributed by atoms with Crippen molar-refractivity contribution < 1.29 is 17.9 Å². The van der Waals surface area contributed by atoms with E-state index >= 15 is 0 Å². The number of nitrogens with one attached hydrogen (secondary N) is 1. The number of hydrogen-bond donors (Lipinski definition) is 1. The molecule has 1 aromatic rings. The second-order valence-electron chi connectivity index (χ2n) is 3.83. The molecule has 1 N–H and O–H groups in total. The van der Waals surface area contributed by atoms with Crippen LogP contribution in [0.25, 0.3) is 0 Å². The lowest BCUT2D eigenvalue weighted by atomic mass is 10.3. The highest BCUT2D eigenvalue weighted by molar-refractivity contribution is 7.89. The number of carbonyl (C=O) groups is 1. The highest BCUT2D eigenvalue weighted by Crippen LogP contribution is 2.28. The summed E-state index contributed by atoms with van der Waals surface area (Å²) in [6.07, 6.45) is 0. The van der Waals surface area contributed by atoms with E-state index in [4.69, 9.17) is 4.74 Å². The Morgan fingerprint density at radius 1 is 1.33 bits per heavy atom. The van der Waals surface area contributed by atoms with Crippen molar-refractivity contribution in [3.05, 3.63) is 18.2 Å². The van der Waals surface area contributed by atoms with Gasteiger partial charge in [-0.05, 0) is 18.2 Å². The van der Waals surface area contributed by atoms with E-state index in [-0.39, 0.29) is 16.6 Å². The molecule has 7 heteroatoms. The molecule has 0 fully saturated rings. The zero-order chi connectivity index (χ0) is 13.9. The molecule has 0 spiro atoms. The third-order valence-corrected chi connectivity index (χ3v) is 4.08. The molecule has 0 atom stereocenters. The molecule has 0 bridgehead atoms. The minimum absolute atomic E-state index is 0.0150. The van der Waals surface area contributed by atoms with Crippen molar-refractivity contribution in [1.82, 2.24) is 4.31 Å². The number of amides is 1. The molecule has 0 aliphatic heterocycles. The van der Waals surface area contributed by atoms with Crippen LogP contribution in [0.4, 0.5) is 5.69 Å². The molecule has 0 aliphatic carbocycles. The van der Waals surface area contributed by atoms with Crippen LogP contribution in [-0.4, -0.2) is 39.8 Å². The van der Waals surface area contributed by atoms with Crippen molar-refractivity contribution in [2.45, 2.75) is 11.8 Å². The molecule has 0 saturated heterocycles.